The number of aromatic amines is 1. The van der Waals surface area contributed by atoms with Crippen LogP contribution in [0.5, 0.6) is 5.75 Å². The predicted molar refractivity (Wildman–Crippen MR) is 109 cm³/mol. The molecule has 4 aromatic rings. The molecule has 2 aromatic carbocycles. The smallest absolute Gasteiger partial charge is 0.174 e. The van der Waals surface area contributed by atoms with Crippen LogP contribution < -0.4 is 10.1 Å². The first-order valence-corrected chi connectivity index (χ1v) is 9.05. The van der Waals surface area contributed by atoms with Gasteiger partial charge >= 0.3 is 0 Å². The van der Waals surface area contributed by atoms with E-state index in [1.807, 2.05) is 54.6 Å². The van der Waals surface area contributed by atoms with Gasteiger partial charge in [-0.05, 0) is 47.9 Å². The molecule has 2 heterocycles. The summed E-state index contributed by atoms with van der Waals surface area (Å²) in [6, 6.07) is 22.0. The average molecular weight is 369 g/mol. The maximum Gasteiger partial charge on any atom is 0.174 e. The first-order valence-electron chi connectivity index (χ1n) is 9.05. The SMILES string of the molecule is N#CCOc1ccc(-c2cc3c(NCCc4ccccc4)ncnc3[nH]2)cc1. The molecule has 0 atom stereocenters. The quantitative estimate of drug-likeness (QED) is 0.510. The lowest BCUT2D eigenvalue weighted by Gasteiger charge is -2.06. The summed E-state index contributed by atoms with van der Waals surface area (Å²) in [6.45, 7) is 0.834. The van der Waals surface area contributed by atoms with Gasteiger partial charge in [0, 0.05) is 12.2 Å². The molecule has 0 saturated heterocycles. The molecule has 0 aliphatic heterocycles. The Morgan fingerprint density at radius 2 is 1.86 bits per heavy atom. The van der Waals surface area contributed by atoms with Crippen molar-refractivity contribution in [2.24, 2.45) is 0 Å². The highest BCUT2D eigenvalue weighted by Gasteiger charge is 2.09. The first-order chi connectivity index (χ1) is 13.8. The minimum Gasteiger partial charge on any atom is -0.479 e. The van der Waals surface area contributed by atoms with Gasteiger partial charge in [-0.25, -0.2) is 9.97 Å². The number of rotatable bonds is 7. The van der Waals surface area contributed by atoms with Gasteiger partial charge in [0.1, 0.15) is 29.6 Å². The van der Waals surface area contributed by atoms with Crippen molar-refractivity contribution in [2.75, 3.05) is 18.5 Å². The van der Waals surface area contributed by atoms with Crippen molar-refractivity contribution in [1.29, 1.82) is 5.26 Å². The molecule has 0 fully saturated rings. The zero-order valence-corrected chi connectivity index (χ0v) is 15.2. The normalized spacial score (nSPS) is 10.5. The van der Waals surface area contributed by atoms with Gasteiger partial charge in [-0.2, -0.15) is 5.26 Å². The molecule has 138 valence electrons. The van der Waals surface area contributed by atoms with Gasteiger partial charge in [0.2, 0.25) is 0 Å². The number of hydrogen-bond donors (Lipinski definition) is 2. The van der Waals surface area contributed by atoms with Crippen LogP contribution in [0.15, 0.2) is 67.0 Å². The van der Waals surface area contributed by atoms with Crippen molar-refractivity contribution in [2.45, 2.75) is 6.42 Å². The van der Waals surface area contributed by atoms with E-state index in [-0.39, 0.29) is 6.61 Å². The predicted octanol–water partition coefficient (Wildman–Crippen LogP) is 4.18. The lowest BCUT2D eigenvalue weighted by atomic mass is 10.1. The van der Waals surface area contributed by atoms with Crippen molar-refractivity contribution >= 4 is 16.9 Å². The van der Waals surface area contributed by atoms with Gasteiger partial charge < -0.3 is 15.0 Å². The van der Waals surface area contributed by atoms with E-state index in [4.69, 9.17) is 10.00 Å². The standard InChI is InChI=1S/C22H19N5O/c23-11-13-28-18-8-6-17(7-9-18)20-14-19-21(25-15-26-22(19)27-20)24-12-10-16-4-2-1-3-5-16/h1-9,14-15H,10,12-13H2,(H2,24,25,26,27). The molecule has 6 nitrogen and oxygen atoms in total. The summed E-state index contributed by atoms with van der Waals surface area (Å²) < 4.78 is 5.30. The Hall–Kier alpha value is -3.85. The Kier molecular flexibility index (Phi) is 5.16. The molecule has 0 amide bonds. The Bertz CT molecular complexity index is 1100. The number of ether oxygens (including phenoxy) is 1. The van der Waals surface area contributed by atoms with Gasteiger partial charge in [-0.1, -0.05) is 30.3 Å². The van der Waals surface area contributed by atoms with Gasteiger partial charge in [0.25, 0.3) is 0 Å². The van der Waals surface area contributed by atoms with Crippen LogP contribution >= 0.6 is 0 Å². The van der Waals surface area contributed by atoms with Gasteiger partial charge in [-0.15, -0.1) is 0 Å². The minimum atomic E-state index is 0.0410. The van der Waals surface area contributed by atoms with E-state index in [0.717, 1.165) is 41.1 Å². The lowest BCUT2D eigenvalue weighted by Crippen LogP contribution is -2.06. The number of benzene rings is 2. The minimum absolute atomic E-state index is 0.0410. The molecule has 4 rings (SSSR count). The number of anilines is 1. The van der Waals surface area contributed by atoms with Crippen molar-refractivity contribution in [3.8, 4) is 23.1 Å². The van der Waals surface area contributed by atoms with Crippen LogP contribution in [0, 0.1) is 11.3 Å². The van der Waals surface area contributed by atoms with Crippen molar-refractivity contribution in [3.05, 3.63) is 72.6 Å². The fourth-order valence-electron chi connectivity index (χ4n) is 3.05. The highest BCUT2D eigenvalue weighted by molar-refractivity contribution is 5.91. The number of H-pyrrole nitrogens is 1. The fourth-order valence-corrected chi connectivity index (χ4v) is 3.05. The zero-order valence-electron chi connectivity index (χ0n) is 15.2. The van der Waals surface area contributed by atoms with E-state index in [1.165, 1.54) is 5.56 Å². The Labute approximate surface area is 162 Å². The molecule has 6 heteroatoms. The maximum absolute atomic E-state index is 8.59. The van der Waals surface area contributed by atoms with E-state index >= 15 is 0 Å². The number of fused-ring (bicyclic) bond motifs is 1. The molecule has 0 aliphatic rings. The maximum atomic E-state index is 8.59. The monoisotopic (exact) mass is 369 g/mol. The zero-order chi connectivity index (χ0) is 19.2. The summed E-state index contributed by atoms with van der Waals surface area (Å²) in [5, 5.41) is 13.0. The third-order valence-electron chi connectivity index (χ3n) is 4.44. The highest BCUT2D eigenvalue weighted by atomic mass is 16.5. The highest BCUT2D eigenvalue weighted by Crippen LogP contribution is 2.28. The number of nitrogens with zero attached hydrogens (tertiary/aromatic N) is 3. The van der Waals surface area contributed by atoms with Crippen molar-refractivity contribution < 1.29 is 4.74 Å². The third-order valence-corrected chi connectivity index (χ3v) is 4.44. The molecule has 0 radical (unpaired) electrons. The number of nitriles is 1. The van der Waals surface area contributed by atoms with Crippen LogP contribution in [0.3, 0.4) is 0 Å². The summed E-state index contributed by atoms with van der Waals surface area (Å²) in [7, 11) is 0. The lowest BCUT2D eigenvalue weighted by molar-refractivity contribution is 0.368. The number of nitrogens with one attached hydrogen (secondary N) is 2. The van der Waals surface area contributed by atoms with Crippen LogP contribution in [0.1, 0.15) is 5.56 Å². The average Bonchev–Trinajstić information content (AvgIpc) is 3.19. The third kappa shape index (κ3) is 3.94. The number of aromatic nitrogens is 3. The summed E-state index contributed by atoms with van der Waals surface area (Å²) in [5.74, 6) is 1.49. The Balaban J connectivity index is 1.51. The summed E-state index contributed by atoms with van der Waals surface area (Å²) in [5.41, 5.74) is 4.04. The second-order valence-corrected chi connectivity index (χ2v) is 6.30. The molecule has 2 N–H and O–H groups in total. The topological polar surface area (TPSA) is 86.6 Å². The molecular formula is C22H19N5O. The van der Waals surface area contributed by atoms with Gasteiger partial charge in [0.15, 0.2) is 6.61 Å². The molecule has 0 unspecified atom stereocenters. The fraction of sp³-hybridized carbons (Fsp3) is 0.136. The molecule has 0 aliphatic carbocycles. The second kappa shape index (κ2) is 8.23. The molecule has 0 bridgehead atoms. The molecule has 0 spiro atoms. The Morgan fingerprint density at radius 3 is 2.64 bits per heavy atom. The molecule has 2 aromatic heterocycles. The summed E-state index contributed by atoms with van der Waals surface area (Å²) >= 11 is 0. The van der Waals surface area contributed by atoms with Crippen molar-refractivity contribution in [1.82, 2.24) is 15.0 Å². The largest absolute Gasteiger partial charge is 0.479 e. The summed E-state index contributed by atoms with van der Waals surface area (Å²) in [6.07, 6.45) is 2.49. The molecule has 28 heavy (non-hydrogen) atoms. The molecule has 0 saturated carbocycles. The van der Waals surface area contributed by atoms with E-state index in [1.54, 1.807) is 6.33 Å². The summed E-state index contributed by atoms with van der Waals surface area (Å²) in [4.78, 5) is 12.1. The van der Waals surface area contributed by atoms with Crippen LogP contribution in [0.25, 0.3) is 22.3 Å². The van der Waals surface area contributed by atoms with Crippen LogP contribution in [0.4, 0.5) is 5.82 Å². The number of hydrogen-bond acceptors (Lipinski definition) is 5. The van der Waals surface area contributed by atoms with Crippen molar-refractivity contribution in [3.63, 3.8) is 0 Å². The Morgan fingerprint density at radius 1 is 1.04 bits per heavy atom. The van der Waals surface area contributed by atoms with E-state index < -0.39 is 0 Å². The second-order valence-electron chi connectivity index (χ2n) is 6.30. The van der Waals surface area contributed by atoms with Gasteiger partial charge in [-0.3, -0.25) is 0 Å². The van der Waals surface area contributed by atoms with Crippen LogP contribution in [0.2, 0.25) is 0 Å². The van der Waals surface area contributed by atoms with Crippen LogP contribution in [-0.2, 0) is 6.42 Å². The molecular weight excluding hydrogens is 350 g/mol. The van der Waals surface area contributed by atoms with Gasteiger partial charge in [0.05, 0.1) is 5.39 Å². The van der Waals surface area contributed by atoms with E-state index in [0.29, 0.717) is 5.75 Å². The first kappa shape index (κ1) is 17.6. The van der Waals surface area contributed by atoms with Crippen LogP contribution in [-0.4, -0.2) is 28.1 Å². The van der Waals surface area contributed by atoms with E-state index in [9.17, 15) is 0 Å². The van der Waals surface area contributed by atoms with E-state index in [2.05, 4.69) is 32.4 Å².